The molecular weight excluding hydrogens is 404 g/mol. The summed E-state index contributed by atoms with van der Waals surface area (Å²) < 4.78 is 10.2. The SMILES string of the molecule is COC(=O)C(NC(=O)c1ccc(C#Cc2ccc(CN3CCOCC3)cc2)cc1)C(C)C. The van der Waals surface area contributed by atoms with Gasteiger partial charge in [0.2, 0.25) is 0 Å². The van der Waals surface area contributed by atoms with Crippen LogP contribution in [-0.4, -0.2) is 56.2 Å². The highest BCUT2D eigenvalue weighted by Gasteiger charge is 2.25. The van der Waals surface area contributed by atoms with Gasteiger partial charge in [0.1, 0.15) is 6.04 Å². The normalized spacial score (nSPS) is 14.9. The van der Waals surface area contributed by atoms with E-state index >= 15 is 0 Å². The van der Waals surface area contributed by atoms with Gasteiger partial charge in [-0.1, -0.05) is 37.8 Å². The van der Waals surface area contributed by atoms with Crippen molar-refractivity contribution in [3.63, 3.8) is 0 Å². The summed E-state index contributed by atoms with van der Waals surface area (Å²) in [6.07, 6.45) is 0. The number of methoxy groups -OCH3 is 1. The van der Waals surface area contributed by atoms with Gasteiger partial charge < -0.3 is 14.8 Å². The number of carbonyl (C=O) groups excluding carboxylic acids is 2. The summed E-state index contributed by atoms with van der Waals surface area (Å²) in [5, 5.41) is 2.74. The summed E-state index contributed by atoms with van der Waals surface area (Å²) in [6.45, 7) is 8.17. The van der Waals surface area contributed by atoms with Crippen LogP contribution in [0.1, 0.15) is 40.9 Å². The lowest BCUT2D eigenvalue weighted by molar-refractivity contribution is -0.144. The number of ether oxygens (including phenoxy) is 2. The van der Waals surface area contributed by atoms with E-state index in [4.69, 9.17) is 9.47 Å². The molecule has 6 nitrogen and oxygen atoms in total. The Morgan fingerprint density at radius 2 is 1.56 bits per heavy atom. The van der Waals surface area contributed by atoms with E-state index in [1.54, 1.807) is 24.3 Å². The molecule has 2 aromatic rings. The van der Waals surface area contributed by atoms with Crippen molar-refractivity contribution in [2.24, 2.45) is 5.92 Å². The lowest BCUT2D eigenvalue weighted by Crippen LogP contribution is -2.45. The smallest absolute Gasteiger partial charge is 0.328 e. The fourth-order valence-corrected chi connectivity index (χ4v) is 3.41. The molecule has 0 radical (unpaired) electrons. The summed E-state index contributed by atoms with van der Waals surface area (Å²) >= 11 is 0. The van der Waals surface area contributed by atoms with Crippen LogP contribution in [0.2, 0.25) is 0 Å². The molecule has 0 aliphatic carbocycles. The Morgan fingerprint density at radius 1 is 1.00 bits per heavy atom. The Labute approximate surface area is 189 Å². The van der Waals surface area contributed by atoms with Crippen molar-refractivity contribution in [2.75, 3.05) is 33.4 Å². The van der Waals surface area contributed by atoms with Crippen molar-refractivity contribution in [1.82, 2.24) is 10.2 Å². The van der Waals surface area contributed by atoms with Gasteiger partial charge in [-0.15, -0.1) is 0 Å². The number of carbonyl (C=O) groups is 2. The monoisotopic (exact) mass is 434 g/mol. The van der Waals surface area contributed by atoms with Crippen LogP contribution in [0.5, 0.6) is 0 Å². The van der Waals surface area contributed by atoms with E-state index in [0.29, 0.717) is 5.56 Å². The molecule has 1 saturated heterocycles. The molecular formula is C26H30N2O4. The minimum atomic E-state index is -0.682. The maximum Gasteiger partial charge on any atom is 0.328 e. The first-order valence-electron chi connectivity index (χ1n) is 10.9. The van der Waals surface area contributed by atoms with Crippen molar-refractivity contribution in [3.05, 3.63) is 70.8 Å². The molecule has 1 aliphatic rings. The summed E-state index contributed by atoms with van der Waals surface area (Å²) in [5.74, 6) is 5.46. The third-order valence-corrected chi connectivity index (χ3v) is 5.37. The molecule has 0 aromatic heterocycles. The third kappa shape index (κ3) is 6.68. The fraction of sp³-hybridized carbons (Fsp3) is 0.385. The number of esters is 1. The van der Waals surface area contributed by atoms with Crippen LogP contribution in [-0.2, 0) is 20.8 Å². The van der Waals surface area contributed by atoms with Crippen molar-refractivity contribution in [2.45, 2.75) is 26.4 Å². The van der Waals surface area contributed by atoms with Crippen LogP contribution in [0.25, 0.3) is 0 Å². The topological polar surface area (TPSA) is 67.9 Å². The van der Waals surface area contributed by atoms with Gasteiger partial charge in [0.05, 0.1) is 20.3 Å². The van der Waals surface area contributed by atoms with E-state index in [-0.39, 0.29) is 11.8 Å². The van der Waals surface area contributed by atoms with E-state index < -0.39 is 12.0 Å². The molecule has 1 heterocycles. The first kappa shape index (κ1) is 23.5. The van der Waals surface area contributed by atoms with Crippen LogP contribution in [0.15, 0.2) is 48.5 Å². The van der Waals surface area contributed by atoms with Crippen LogP contribution >= 0.6 is 0 Å². The average molecular weight is 435 g/mol. The predicted octanol–water partition coefficient (Wildman–Crippen LogP) is 2.85. The summed E-state index contributed by atoms with van der Waals surface area (Å²) in [7, 11) is 1.31. The summed E-state index contributed by atoms with van der Waals surface area (Å²) in [6, 6.07) is 14.6. The first-order valence-corrected chi connectivity index (χ1v) is 10.9. The van der Waals surface area contributed by atoms with E-state index in [0.717, 1.165) is 44.0 Å². The van der Waals surface area contributed by atoms with Crippen LogP contribution < -0.4 is 5.32 Å². The zero-order valence-electron chi connectivity index (χ0n) is 18.9. The lowest BCUT2D eigenvalue weighted by atomic mass is 10.0. The van der Waals surface area contributed by atoms with E-state index in [9.17, 15) is 9.59 Å². The summed E-state index contributed by atoms with van der Waals surface area (Å²) in [5.41, 5.74) is 3.49. The predicted molar refractivity (Wildman–Crippen MR) is 123 cm³/mol. The highest BCUT2D eigenvalue weighted by molar-refractivity contribution is 5.96. The van der Waals surface area contributed by atoms with Gasteiger partial charge in [-0.05, 0) is 47.9 Å². The molecule has 1 amide bonds. The minimum absolute atomic E-state index is 0.0724. The number of nitrogens with one attached hydrogen (secondary N) is 1. The zero-order chi connectivity index (χ0) is 22.9. The maximum absolute atomic E-state index is 12.5. The Bertz CT molecular complexity index is 966. The molecule has 168 valence electrons. The summed E-state index contributed by atoms with van der Waals surface area (Å²) in [4.78, 5) is 26.7. The minimum Gasteiger partial charge on any atom is -0.467 e. The van der Waals surface area contributed by atoms with E-state index in [1.807, 2.05) is 26.0 Å². The van der Waals surface area contributed by atoms with Crippen molar-refractivity contribution in [3.8, 4) is 11.8 Å². The second-order valence-corrected chi connectivity index (χ2v) is 8.13. The zero-order valence-corrected chi connectivity index (χ0v) is 18.9. The number of rotatable bonds is 6. The quantitative estimate of drug-likeness (QED) is 0.559. The molecule has 1 aliphatic heterocycles. The van der Waals surface area contributed by atoms with Crippen LogP contribution in [0.3, 0.4) is 0 Å². The van der Waals surface area contributed by atoms with Crippen molar-refractivity contribution < 1.29 is 19.1 Å². The van der Waals surface area contributed by atoms with Gasteiger partial charge in [0, 0.05) is 36.3 Å². The Hall–Kier alpha value is -3.14. The molecule has 3 rings (SSSR count). The lowest BCUT2D eigenvalue weighted by Gasteiger charge is -2.26. The first-order chi connectivity index (χ1) is 15.5. The standard InChI is InChI=1S/C26H30N2O4/c1-19(2)24(26(30)31-3)27-25(29)23-12-10-21(11-13-23)5-4-20-6-8-22(9-7-20)18-28-14-16-32-17-15-28/h6-13,19,24H,14-18H2,1-3H3,(H,27,29). The molecule has 2 aromatic carbocycles. The van der Waals surface area contributed by atoms with E-state index in [2.05, 4.69) is 34.2 Å². The van der Waals surface area contributed by atoms with Gasteiger partial charge in [0.25, 0.3) is 5.91 Å². The number of hydrogen-bond donors (Lipinski definition) is 1. The molecule has 0 saturated carbocycles. The largest absolute Gasteiger partial charge is 0.467 e. The number of benzene rings is 2. The molecule has 1 N–H and O–H groups in total. The van der Waals surface area contributed by atoms with E-state index in [1.165, 1.54) is 12.7 Å². The van der Waals surface area contributed by atoms with Gasteiger partial charge in [0.15, 0.2) is 0 Å². The fourth-order valence-electron chi connectivity index (χ4n) is 3.41. The third-order valence-electron chi connectivity index (χ3n) is 5.37. The number of hydrogen-bond acceptors (Lipinski definition) is 5. The van der Waals surface area contributed by atoms with Gasteiger partial charge in [-0.2, -0.15) is 0 Å². The second-order valence-electron chi connectivity index (χ2n) is 8.13. The molecule has 1 unspecified atom stereocenters. The Kier molecular flexibility index (Phi) is 8.43. The molecule has 1 fully saturated rings. The maximum atomic E-state index is 12.5. The molecule has 0 spiro atoms. The van der Waals surface area contributed by atoms with Gasteiger partial charge in [-0.25, -0.2) is 4.79 Å². The molecule has 32 heavy (non-hydrogen) atoms. The second kappa shape index (κ2) is 11.5. The van der Waals surface area contributed by atoms with Crippen molar-refractivity contribution in [1.29, 1.82) is 0 Å². The van der Waals surface area contributed by atoms with Crippen LogP contribution in [0.4, 0.5) is 0 Å². The average Bonchev–Trinajstić information content (AvgIpc) is 2.82. The highest BCUT2D eigenvalue weighted by Crippen LogP contribution is 2.10. The number of amides is 1. The molecule has 1 atom stereocenters. The van der Waals surface area contributed by atoms with Gasteiger partial charge in [-0.3, -0.25) is 9.69 Å². The number of nitrogens with zero attached hydrogens (tertiary/aromatic N) is 1. The molecule has 0 bridgehead atoms. The number of morpholine rings is 1. The molecule has 6 heteroatoms. The Morgan fingerprint density at radius 3 is 2.09 bits per heavy atom. The van der Waals surface area contributed by atoms with Crippen LogP contribution in [0, 0.1) is 17.8 Å². The van der Waals surface area contributed by atoms with Crippen molar-refractivity contribution >= 4 is 11.9 Å². The Balaban J connectivity index is 1.58. The van der Waals surface area contributed by atoms with Gasteiger partial charge >= 0.3 is 5.97 Å². The highest BCUT2D eigenvalue weighted by atomic mass is 16.5.